The Bertz CT molecular complexity index is 650. The largest absolute Gasteiger partial charge is 0.254 e. The summed E-state index contributed by atoms with van der Waals surface area (Å²) in [6.07, 6.45) is 1.75. The number of benzene rings is 1. The van der Waals surface area contributed by atoms with Crippen molar-refractivity contribution in [2.45, 2.75) is 0 Å². The van der Waals surface area contributed by atoms with Crippen LogP contribution < -0.4 is 0 Å². The molecule has 0 amide bonds. The molecule has 18 heavy (non-hydrogen) atoms. The lowest BCUT2D eigenvalue weighted by atomic mass is 10.2. The van der Waals surface area contributed by atoms with Crippen LogP contribution in [0, 0.1) is 0 Å². The summed E-state index contributed by atoms with van der Waals surface area (Å²) in [5, 5.41) is 10.7. The second-order valence-corrected chi connectivity index (χ2v) is 5.05. The zero-order valence-electron chi connectivity index (χ0n) is 9.25. The van der Waals surface area contributed by atoms with E-state index in [-0.39, 0.29) is 0 Å². The third kappa shape index (κ3) is 2.25. The first kappa shape index (κ1) is 11.3. The van der Waals surface area contributed by atoms with Gasteiger partial charge in [-0.15, -0.1) is 10.2 Å². The molecule has 1 aromatic carbocycles. The van der Waals surface area contributed by atoms with Crippen molar-refractivity contribution in [2.24, 2.45) is 0 Å². The molecule has 2 aromatic heterocycles. The predicted molar refractivity (Wildman–Crippen MR) is 73.6 cm³/mol. The maximum Gasteiger partial charge on any atom is 0.166 e. The molecule has 0 saturated heterocycles. The van der Waals surface area contributed by atoms with Crippen LogP contribution >= 0.6 is 22.9 Å². The van der Waals surface area contributed by atoms with Crippen LogP contribution in [0.15, 0.2) is 48.7 Å². The number of hydrogen-bond acceptors (Lipinski definition) is 4. The van der Waals surface area contributed by atoms with Crippen molar-refractivity contribution in [2.75, 3.05) is 0 Å². The van der Waals surface area contributed by atoms with Gasteiger partial charge in [0.2, 0.25) is 0 Å². The van der Waals surface area contributed by atoms with Gasteiger partial charge in [0, 0.05) is 16.8 Å². The number of nitrogens with zero attached hydrogens (tertiary/aromatic N) is 3. The van der Waals surface area contributed by atoms with Crippen LogP contribution in [0.3, 0.4) is 0 Å². The van der Waals surface area contributed by atoms with Gasteiger partial charge in [0.1, 0.15) is 10.7 Å². The molecule has 0 unspecified atom stereocenters. The van der Waals surface area contributed by atoms with Gasteiger partial charge in [0.05, 0.1) is 0 Å². The molecule has 0 aliphatic heterocycles. The van der Waals surface area contributed by atoms with Crippen LogP contribution in [0.25, 0.3) is 21.3 Å². The van der Waals surface area contributed by atoms with Gasteiger partial charge in [-0.1, -0.05) is 41.1 Å². The van der Waals surface area contributed by atoms with Crippen LogP contribution in [0.5, 0.6) is 0 Å². The van der Waals surface area contributed by atoms with Gasteiger partial charge in [-0.25, -0.2) is 0 Å². The van der Waals surface area contributed by atoms with Crippen molar-refractivity contribution in [3.8, 4) is 21.3 Å². The van der Waals surface area contributed by atoms with Gasteiger partial charge in [0.25, 0.3) is 0 Å². The number of pyridine rings is 1. The highest BCUT2D eigenvalue weighted by atomic mass is 35.5. The zero-order chi connectivity index (χ0) is 12.4. The van der Waals surface area contributed by atoms with E-state index >= 15 is 0 Å². The van der Waals surface area contributed by atoms with Crippen molar-refractivity contribution >= 4 is 22.9 Å². The van der Waals surface area contributed by atoms with E-state index in [0.29, 0.717) is 5.02 Å². The molecular formula is C13H8ClN3S. The second kappa shape index (κ2) is 4.84. The molecule has 5 heteroatoms. The molecule has 0 bridgehead atoms. The number of halogens is 1. The summed E-state index contributed by atoms with van der Waals surface area (Å²) in [6.45, 7) is 0. The van der Waals surface area contributed by atoms with Crippen molar-refractivity contribution in [1.82, 2.24) is 15.2 Å². The van der Waals surface area contributed by atoms with Crippen molar-refractivity contribution in [3.05, 3.63) is 53.7 Å². The van der Waals surface area contributed by atoms with E-state index in [2.05, 4.69) is 15.2 Å². The maximum atomic E-state index is 5.86. The first-order valence-electron chi connectivity index (χ1n) is 5.34. The Morgan fingerprint density at radius 3 is 2.39 bits per heavy atom. The summed E-state index contributed by atoms with van der Waals surface area (Å²) >= 11 is 7.37. The summed E-state index contributed by atoms with van der Waals surface area (Å²) in [6, 6.07) is 13.3. The number of aromatic nitrogens is 3. The topological polar surface area (TPSA) is 38.7 Å². The molecule has 0 spiro atoms. The van der Waals surface area contributed by atoms with E-state index in [1.165, 1.54) is 11.3 Å². The summed E-state index contributed by atoms with van der Waals surface area (Å²) in [5.74, 6) is 0. The average molecular weight is 274 g/mol. The molecule has 0 saturated carbocycles. The summed E-state index contributed by atoms with van der Waals surface area (Å²) in [7, 11) is 0. The third-order valence-electron chi connectivity index (χ3n) is 2.40. The van der Waals surface area contributed by atoms with E-state index in [4.69, 9.17) is 11.6 Å². The zero-order valence-corrected chi connectivity index (χ0v) is 10.8. The molecule has 0 aliphatic rings. The molecule has 3 aromatic rings. The van der Waals surface area contributed by atoms with Crippen LogP contribution in [-0.4, -0.2) is 15.2 Å². The van der Waals surface area contributed by atoms with Gasteiger partial charge in [0.15, 0.2) is 5.01 Å². The normalized spacial score (nSPS) is 10.5. The molecular weight excluding hydrogens is 266 g/mol. The standard InChI is InChI=1S/C13H8ClN3S/c14-10-6-4-9(5-7-10)12-16-17-13(18-12)11-3-1-2-8-15-11/h1-8H. The molecule has 0 fully saturated rings. The summed E-state index contributed by atoms with van der Waals surface area (Å²) < 4.78 is 0. The first-order valence-corrected chi connectivity index (χ1v) is 6.53. The van der Waals surface area contributed by atoms with Crippen molar-refractivity contribution in [3.63, 3.8) is 0 Å². The third-order valence-corrected chi connectivity index (χ3v) is 3.65. The Labute approximate surface area is 113 Å². The molecule has 2 heterocycles. The Morgan fingerprint density at radius 2 is 1.67 bits per heavy atom. The van der Waals surface area contributed by atoms with E-state index in [0.717, 1.165) is 21.3 Å². The SMILES string of the molecule is Clc1ccc(-c2nnc(-c3ccccn3)s2)cc1. The Morgan fingerprint density at radius 1 is 0.889 bits per heavy atom. The molecule has 3 nitrogen and oxygen atoms in total. The smallest absolute Gasteiger partial charge is 0.166 e. The number of hydrogen-bond donors (Lipinski definition) is 0. The summed E-state index contributed by atoms with van der Waals surface area (Å²) in [4.78, 5) is 4.26. The average Bonchev–Trinajstić information content (AvgIpc) is 2.90. The predicted octanol–water partition coefficient (Wildman–Crippen LogP) is 3.92. The number of rotatable bonds is 2. The fraction of sp³-hybridized carbons (Fsp3) is 0. The summed E-state index contributed by atoms with van der Waals surface area (Å²) in [5.41, 5.74) is 1.86. The minimum absolute atomic E-state index is 0.716. The molecule has 0 N–H and O–H groups in total. The second-order valence-electron chi connectivity index (χ2n) is 3.63. The minimum atomic E-state index is 0.716. The lowest BCUT2D eigenvalue weighted by Gasteiger charge is -1.94. The highest BCUT2D eigenvalue weighted by Crippen LogP contribution is 2.29. The van der Waals surface area contributed by atoms with Crippen molar-refractivity contribution < 1.29 is 0 Å². The van der Waals surface area contributed by atoms with Crippen LogP contribution in [-0.2, 0) is 0 Å². The van der Waals surface area contributed by atoms with Crippen LogP contribution in [0.2, 0.25) is 5.02 Å². The minimum Gasteiger partial charge on any atom is -0.254 e. The quantitative estimate of drug-likeness (QED) is 0.710. The lowest BCUT2D eigenvalue weighted by Crippen LogP contribution is -1.80. The van der Waals surface area contributed by atoms with E-state index in [9.17, 15) is 0 Å². The van der Waals surface area contributed by atoms with Gasteiger partial charge in [-0.2, -0.15) is 0 Å². The van der Waals surface area contributed by atoms with E-state index in [1.54, 1.807) is 6.20 Å². The Balaban J connectivity index is 1.97. The van der Waals surface area contributed by atoms with Gasteiger partial charge < -0.3 is 0 Å². The van der Waals surface area contributed by atoms with Gasteiger partial charge in [-0.3, -0.25) is 4.98 Å². The lowest BCUT2D eigenvalue weighted by molar-refractivity contribution is 1.09. The van der Waals surface area contributed by atoms with Crippen LogP contribution in [0.1, 0.15) is 0 Å². The molecule has 0 radical (unpaired) electrons. The fourth-order valence-electron chi connectivity index (χ4n) is 1.53. The Kier molecular flexibility index (Phi) is 3.04. The van der Waals surface area contributed by atoms with E-state index in [1.807, 2.05) is 42.5 Å². The highest BCUT2D eigenvalue weighted by Gasteiger charge is 2.08. The first-order chi connectivity index (χ1) is 8.83. The molecule has 0 aliphatic carbocycles. The molecule has 0 atom stereocenters. The Hall–Kier alpha value is -1.78. The fourth-order valence-corrected chi connectivity index (χ4v) is 2.48. The van der Waals surface area contributed by atoms with E-state index < -0.39 is 0 Å². The van der Waals surface area contributed by atoms with Gasteiger partial charge >= 0.3 is 0 Å². The molecule has 3 rings (SSSR count). The maximum absolute atomic E-state index is 5.86. The van der Waals surface area contributed by atoms with Crippen LogP contribution in [0.4, 0.5) is 0 Å². The molecule has 88 valence electrons. The van der Waals surface area contributed by atoms with Crippen molar-refractivity contribution in [1.29, 1.82) is 0 Å². The highest BCUT2D eigenvalue weighted by molar-refractivity contribution is 7.17. The van der Waals surface area contributed by atoms with Gasteiger partial charge in [-0.05, 0) is 24.3 Å². The monoisotopic (exact) mass is 273 g/mol.